The number of H-pyrrole nitrogens is 2. The van der Waals surface area contributed by atoms with Crippen molar-refractivity contribution in [3.05, 3.63) is 78.4 Å². The average molecular weight is 800 g/mol. The number of likely N-dealkylation sites (tertiary alicyclic amines) is 2. The first-order valence-corrected chi connectivity index (χ1v) is 20.2. The van der Waals surface area contributed by atoms with E-state index in [2.05, 4.69) is 50.9 Å². The van der Waals surface area contributed by atoms with E-state index in [9.17, 15) is 24.3 Å². The van der Waals surface area contributed by atoms with Crippen molar-refractivity contribution >= 4 is 57.0 Å². The number of aromatic amines is 2. The standard InChI is InChI=1S/C44H49N9O6/c1-23(2)37(50-43(56)57)41(54)52-18-6-8-35(52)40-47-32-17-13-28(22-34(32)49-40)30-15-12-27-20-25(10-14-29(27)45-30)26-11-16-31-33(21-26)48-39(46-31)36-9-7-19-53(36)42(55)38(24(3)4)51-44(58)59-5/h10-17,20-24,35-38,50H,6-9,18-19H2,1-5H3,(H,46,48)(H,47,49)(H,51,58)(H,56,57)/t35-,36-,37?,38?/m0/s1. The fourth-order valence-corrected chi connectivity index (χ4v) is 8.50. The fourth-order valence-electron chi connectivity index (χ4n) is 8.50. The molecule has 5 N–H and O–H groups in total. The van der Waals surface area contributed by atoms with Crippen molar-refractivity contribution in [3.8, 4) is 22.4 Å². The van der Waals surface area contributed by atoms with Crippen LogP contribution in [0.1, 0.15) is 77.1 Å². The van der Waals surface area contributed by atoms with Gasteiger partial charge in [-0.05, 0) is 91.1 Å². The van der Waals surface area contributed by atoms with Crippen molar-refractivity contribution in [1.29, 1.82) is 0 Å². The lowest BCUT2D eigenvalue weighted by Gasteiger charge is -2.29. The number of aromatic nitrogens is 5. The van der Waals surface area contributed by atoms with Gasteiger partial charge >= 0.3 is 12.2 Å². The second kappa shape index (κ2) is 16.0. The van der Waals surface area contributed by atoms with Gasteiger partial charge in [0.15, 0.2) is 0 Å². The minimum absolute atomic E-state index is 0.115. The number of carbonyl (C=O) groups excluding carboxylic acids is 3. The molecule has 4 atom stereocenters. The summed E-state index contributed by atoms with van der Waals surface area (Å²) in [7, 11) is 1.29. The molecule has 15 heteroatoms. The molecule has 15 nitrogen and oxygen atoms in total. The van der Waals surface area contributed by atoms with Gasteiger partial charge in [-0.1, -0.05) is 52.0 Å². The van der Waals surface area contributed by atoms with Gasteiger partial charge in [-0.2, -0.15) is 0 Å². The second-order valence-electron chi connectivity index (χ2n) is 16.2. The van der Waals surface area contributed by atoms with E-state index in [1.165, 1.54) is 7.11 Å². The molecule has 3 aromatic carbocycles. The van der Waals surface area contributed by atoms with Crippen LogP contribution < -0.4 is 10.6 Å². The number of alkyl carbamates (subject to hydrolysis) is 1. The van der Waals surface area contributed by atoms with E-state index in [0.29, 0.717) is 18.9 Å². The molecule has 306 valence electrons. The molecule has 8 rings (SSSR count). The Kier molecular flexibility index (Phi) is 10.7. The smallest absolute Gasteiger partial charge is 0.407 e. The predicted octanol–water partition coefficient (Wildman–Crippen LogP) is 7.32. The maximum absolute atomic E-state index is 13.6. The monoisotopic (exact) mass is 799 g/mol. The summed E-state index contributed by atoms with van der Waals surface area (Å²) in [5.74, 6) is 0.717. The predicted molar refractivity (Wildman–Crippen MR) is 223 cm³/mol. The highest BCUT2D eigenvalue weighted by molar-refractivity contribution is 5.91. The fraction of sp³-hybridized carbons (Fsp3) is 0.386. The summed E-state index contributed by atoms with van der Waals surface area (Å²) in [5.41, 5.74) is 7.88. The number of pyridine rings is 1. The highest BCUT2D eigenvalue weighted by Gasteiger charge is 2.39. The van der Waals surface area contributed by atoms with Crippen LogP contribution in [0.15, 0.2) is 66.7 Å². The van der Waals surface area contributed by atoms with Gasteiger partial charge in [-0.25, -0.2) is 24.5 Å². The highest BCUT2D eigenvalue weighted by atomic mass is 16.5. The quantitative estimate of drug-likeness (QED) is 0.0942. The number of imidazole rings is 2. The van der Waals surface area contributed by atoms with Gasteiger partial charge < -0.3 is 40.2 Å². The van der Waals surface area contributed by atoms with E-state index in [-0.39, 0.29) is 35.7 Å². The number of hydrogen-bond acceptors (Lipinski definition) is 8. The van der Waals surface area contributed by atoms with Gasteiger partial charge in [0.05, 0.1) is 52.5 Å². The number of fused-ring (bicyclic) bond motifs is 3. The summed E-state index contributed by atoms with van der Waals surface area (Å²) in [6.07, 6.45) is 1.31. The molecule has 2 fully saturated rings. The lowest BCUT2D eigenvalue weighted by atomic mass is 10.0. The summed E-state index contributed by atoms with van der Waals surface area (Å²) in [6, 6.07) is 20.3. The third-order valence-electron chi connectivity index (χ3n) is 11.6. The maximum Gasteiger partial charge on any atom is 0.407 e. The number of methoxy groups -OCH3 is 1. The van der Waals surface area contributed by atoms with E-state index in [4.69, 9.17) is 19.7 Å². The largest absolute Gasteiger partial charge is 0.465 e. The van der Waals surface area contributed by atoms with Crippen molar-refractivity contribution in [2.75, 3.05) is 20.2 Å². The number of carboxylic acid groups (broad SMARTS) is 1. The number of hydrogen-bond donors (Lipinski definition) is 5. The van der Waals surface area contributed by atoms with E-state index in [0.717, 1.165) is 86.9 Å². The second-order valence-corrected chi connectivity index (χ2v) is 16.2. The van der Waals surface area contributed by atoms with Crippen LogP contribution in [0.3, 0.4) is 0 Å². The zero-order valence-corrected chi connectivity index (χ0v) is 33.8. The lowest BCUT2D eigenvalue weighted by molar-refractivity contribution is -0.136. The van der Waals surface area contributed by atoms with Crippen molar-refractivity contribution in [2.45, 2.75) is 77.5 Å². The number of amides is 4. The van der Waals surface area contributed by atoms with Gasteiger partial charge in [0.2, 0.25) is 11.8 Å². The molecule has 4 amide bonds. The van der Waals surface area contributed by atoms with Gasteiger partial charge in [-0.3, -0.25) is 9.59 Å². The van der Waals surface area contributed by atoms with Gasteiger partial charge in [-0.15, -0.1) is 0 Å². The molecule has 0 aliphatic carbocycles. The minimum Gasteiger partial charge on any atom is -0.465 e. The van der Waals surface area contributed by atoms with Crippen LogP contribution in [0.25, 0.3) is 55.4 Å². The van der Waals surface area contributed by atoms with E-state index < -0.39 is 24.3 Å². The molecule has 2 aliphatic heterocycles. The topological polar surface area (TPSA) is 199 Å². The van der Waals surface area contributed by atoms with Crippen LogP contribution in [0, 0.1) is 11.8 Å². The Bertz CT molecular complexity index is 2580. The zero-order valence-electron chi connectivity index (χ0n) is 33.8. The number of nitrogens with one attached hydrogen (secondary N) is 4. The molecule has 0 saturated carbocycles. The minimum atomic E-state index is -1.22. The number of nitrogens with zero attached hydrogens (tertiary/aromatic N) is 5. The maximum atomic E-state index is 13.6. The Morgan fingerprint density at radius 2 is 1.20 bits per heavy atom. The normalized spacial score (nSPS) is 17.9. The first-order chi connectivity index (χ1) is 28.4. The Balaban J connectivity index is 0.997. The van der Waals surface area contributed by atoms with Crippen LogP contribution in [0.4, 0.5) is 9.59 Å². The van der Waals surface area contributed by atoms with E-state index >= 15 is 0 Å². The van der Waals surface area contributed by atoms with Crippen LogP contribution in [-0.4, -0.2) is 96.1 Å². The van der Waals surface area contributed by atoms with Crippen molar-refractivity contribution in [1.82, 2.24) is 45.4 Å². The molecule has 2 aliphatic rings. The molecule has 2 saturated heterocycles. The Labute approximate surface area is 340 Å². The molecule has 0 bridgehead atoms. The molecule has 0 spiro atoms. The van der Waals surface area contributed by atoms with Crippen molar-refractivity contribution < 1.29 is 29.0 Å². The van der Waals surface area contributed by atoms with E-state index in [1.54, 1.807) is 4.90 Å². The molecule has 2 unspecified atom stereocenters. The van der Waals surface area contributed by atoms with Crippen molar-refractivity contribution in [2.24, 2.45) is 11.8 Å². The van der Waals surface area contributed by atoms with Crippen LogP contribution >= 0.6 is 0 Å². The molecule has 3 aromatic heterocycles. The molecule has 5 heterocycles. The number of rotatable bonds is 10. The summed E-state index contributed by atoms with van der Waals surface area (Å²) in [5, 5.41) is 15.4. The first kappa shape index (κ1) is 39.3. The lowest BCUT2D eigenvalue weighted by Crippen LogP contribution is -2.51. The van der Waals surface area contributed by atoms with Gasteiger partial charge in [0, 0.05) is 24.0 Å². The van der Waals surface area contributed by atoms with Gasteiger partial charge in [0.1, 0.15) is 23.7 Å². The number of carbonyl (C=O) groups is 4. The third-order valence-corrected chi connectivity index (χ3v) is 11.6. The summed E-state index contributed by atoms with van der Waals surface area (Å²) < 4.78 is 4.77. The molecule has 0 radical (unpaired) electrons. The highest BCUT2D eigenvalue weighted by Crippen LogP contribution is 2.36. The molecular formula is C44H49N9O6. The number of ether oxygens (including phenoxy) is 1. The summed E-state index contributed by atoms with van der Waals surface area (Å²) in [6.45, 7) is 8.59. The average Bonchev–Trinajstić information content (AvgIpc) is 4.05. The summed E-state index contributed by atoms with van der Waals surface area (Å²) in [4.78, 5) is 75.8. The number of benzene rings is 3. The summed E-state index contributed by atoms with van der Waals surface area (Å²) >= 11 is 0. The van der Waals surface area contributed by atoms with Crippen LogP contribution in [0.2, 0.25) is 0 Å². The third kappa shape index (κ3) is 7.76. The Hall–Kier alpha value is -6.51. The van der Waals surface area contributed by atoms with Crippen LogP contribution in [-0.2, 0) is 14.3 Å². The van der Waals surface area contributed by atoms with Crippen LogP contribution in [0.5, 0.6) is 0 Å². The van der Waals surface area contributed by atoms with Crippen molar-refractivity contribution in [3.63, 3.8) is 0 Å². The molecule has 59 heavy (non-hydrogen) atoms. The zero-order chi connectivity index (χ0) is 41.5. The first-order valence-electron chi connectivity index (χ1n) is 20.2. The van der Waals surface area contributed by atoms with Gasteiger partial charge in [0.25, 0.3) is 0 Å². The molecule has 6 aromatic rings. The Morgan fingerprint density at radius 3 is 1.76 bits per heavy atom. The molecular weight excluding hydrogens is 751 g/mol. The van der Waals surface area contributed by atoms with E-state index in [1.807, 2.05) is 69.0 Å². The Morgan fingerprint density at radius 1 is 0.678 bits per heavy atom. The SMILES string of the molecule is COC(=O)NC(C(=O)N1CCC[C@H]1c1nc2cc(-c3ccc4nc(-c5ccc6[nH]c([C@@H]7CCCN7C(=O)C(NC(=O)O)C(C)C)nc6c5)ccc4c3)ccc2[nH]1)C(C)C.